The van der Waals surface area contributed by atoms with Crippen molar-refractivity contribution in [3.8, 4) is 0 Å². The van der Waals surface area contributed by atoms with Crippen LogP contribution < -0.4 is 10.6 Å². The molecule has 0 amide bonds. The molecule has 2 N–H and O–H groups in total. The summed E-state index contributed by atoms with van der Waals surface area (Å²) in [5.41, 5.74) is 4.68. The average molecular weight is 420 g/mol. The third kappa shape index (κ3) is 7.57. The number of guanidine groups is 1. The van der Waals surface area contributed by atoms with Crippen molar-refractivity contribution >= 4 is 5.96 Å². The maximum absolute atomic E-state index is 5.89. The molecule has 164 valence electrons. The van der Waals surface area contributed by atoms with Gasteiger partial charge in [-0.3, -0.25) is 9.67 Å². The van der Waals surface area contributed by atoms with Gasteiger partial charge >= 0.3 is 0 Å². The summed E-state index contributed by atoms with van der Waals surface area (Å²) in [5, 5.41) is 11.1. The van der Waals surface area contributed by atoms with E-state index in [9.17, 15) is 0 Å². The molecule has 3 rings (SSSR count). The van der Waals surface area contributed by atoms with Crippen LogP contribution in [0.3, 0.4) is 0 Å². The predicted molar refractivity (Wildman–Crippen MR) is 126 cm³/mol. The number of hydrogen-bond acceptors (Lipinski definition) is 3. The molecule has 0 unspecified atom stereocenters. The summed E-state index contributed by atoms with van der Waals surface area (Å²) < 4.78 is 7.82. The first-order valence-electron chi connectivity index (χ1n) is 10.6. The molecule has 6 nitrogen and oxygen atoms in total. The van der Waals surface area contributed by atoms with Gasteiger partial charge in [0.25, 0.3) is 0 Å². The van der Waals surface area contributed by atoms with Crippen LogP contribution in [0.5, 0.6) is 0 Å². The number of nitrogens with zero attached hydrogens (tertiary/aromatic N) is 3. The Morgan fingerprint density at radius 1 is 0.968 bits per heavy atom. The van der Waals surface area contributed by atoms with Gasteiger partial charge in [0.05, 0.1) is 18.8 Å². The summed E-state index contributed by atoms with van der Waals surface area (Å²) >= 11 is 0. The van der Waals surface area contributed by atoms with Gasteiger partial charge in [-0.1, -0.05) is 48.5 Å². The largest absolute Gasteiger partial charge is 0.371 e. The van der Waals surface area contributed by atoms with Gasteiger partial charge in [-0.25, -0.2) is 0 Å². The molecule has 1 aromatic heterocycles. The summed E-state index contributed by atoms with van der Waals surface area (Å²) in [6.07, 6.45) is 3.78. The average Bonchev–Trinajstić information content (AvgIpc) is 3.26. The van der Waals surface area contributed by atoms with Gasteiger partial charge in [0.2, 0.25) is 0 Å². The monoisotopic (exact) mass is 419 g/mol. The van der Waals surface area contributed by atoms with E-state index in [4.69, 9.17) is 4.74 Å². The van der Waals surface area contributed by atoms with E-state index < -0.39 is 0 Å². The first kappa shape index (κ1) is 22.6. The number of nitrogens with one attached hydrogen (secondary N) is 2. The number of hydrogen-bond donors (Lipinski definition) is 2. The van der Waals surface area contributed by atoms with E-state index in [0.717, 1.165) is 12.5 Å². The molecule has 0 aliphatic rings. The second-order valence-electron chi connectivity index (χ2n) is 8.47. The summed E-state index contributed by atoms with van der Waals surface area (Å²) in [5.74, 6) is 0.769. The molecule has 0 aliphatic heterocycles. The summed E-state index contributed by atoms with van der Waals surface area (Å²) in [7, 11) is 1.79. The molecule has 0 saturated heterocycles. The molecule has 0 atom stereocenters. The van der Waals surface area contributed by atoms with Crippen molar-refractivity contribution in [3.05, 3.63) is 89.2 Å². The number of rotatable bonds is 8. The molecule has 1 heterocycles. The lowest BCUT2D eigenvalue weighted by atomic mass is 10.1. The van der Waals surface area contributed by atoms with Crippen LogP contribution in [0.25, 0.3) is 0 Å². The third-order valence-corrected chi connectivity index (χ3v) is 4.80. The van der Waals surface area contributed by atoms with Crippen LogP contribution in [0.1, 0.15) is 43.0 Å². The van der Waals surface area contributed by atoms with Gasteiger partial charge in [-0.2, -0.15) is 5.10 Å². The summed E-state index contributed by atoms with van der Waals surface area (Å²) in [6, 6.07) is 18.8. The maximum Gasteiger partial charge on any atom is 0.191 e. The molecular formula is C25H33N5O. The molecule has 0 fully saturated rings. The van der Waals surface area contributed by atoms with Crippen molar-refractivity contribution in [1.29, 1.82) is 0 Å². The molecule has 31 heavy (non-hydrogen) atoms. The van der Waals surface area contributed by atoms with Crippen LogP contribution in [0.2, 0.25) is 0 Å². The Labute approximate surface area is 185 Å². The fourth-order valence-corrected chi connectivity index (χ4v) is 3.17. The zero-order chi connectivity index (χ0) is 22.1. The highest BCUT2D eigenvalue weighted by Crippen LogP contribution is 2.13. The Morgan fingerprint density at radius 3 is 2.42 bits per heavy atom. The molecule has 0 radical (unpaired) electrons. The van der Waals surface area contributed by atoms with Gasteiger partial charge in [0, 0.05) is 32.5 Å². The Bertz CT molecular complexity index is 974. The molecule has 0 aliphatic carbocycles. The minimum atomic E-state index is -0.145. The minimum Gasteiger partial charge on any atom is -0.371 e. The van der Waals surface area contributed by atoms with Crippen LogP contribution in [0.4, 0.5) is 0 Å². The Kier molecular flexibility index (Phi) is 7.84. The molecule has 3 aromatic rings. The quantitative estimate of drug-likeness (QED) is 0.426. The van der Waals surface area contributed by atoms with Gasteiger partial charge in [-0.05, 0) is 49.1 Å². The first-order valence-corrected chi connectivity index (χ1v) is 10.6. The van der Waals surface area contributed by atoms with E-state index in [1.165, 1.54) is 22.3 Å². The SMILES string of the molecule is CN=C(NCc1cccc(COC(C)(C)C)c1)NCc1ccccc1Cn1cccn1. The van der Waals surface area contributed by atoms with Crippen LogP contribution in [0, 0.1) is 0 Å². The molecule has 0 spiro atoms. The molecular weight excluding hydrogens is 386 g/mol. The van der Waals surface area contributed by atoms with Crippen LogP contribution in [-0.4, -0.2) is 28.4 Å². The van der Waals surface area contributed by atoms with Crippen molar-refractivity contribution < 1.29 is 4.74 Å². The molecule has 0 bridgehead atoms. The predicted octanol–water partition coefficient (Wildman–Crippen LogP) is 4.11. The van der Waals surface area contributed by atoms with Crippen molar-refractivity contribution in [1.82, 2.24) is 20.4 Å². The number of aromatic nitrogens is 2. The Morgan fingerprint density at radius 2 is 1.71 bits per heavy atom. The van der Waals surface area contributed by atoms with Gasteiger partial charge in [0.1, 0.15) is 0 Å². The van der Waals surface area contributed by atoms with Gasteiger partial charge < -0.3 is 15.4 Å². The highest BCUT2D eigenvalue weighted by Gasteiger charge is 2.10. The number of ether oxygens (including phenoxy) is 1. The lowest BCUT2D eigenvalue weighted by Crippen LogP contribution is -2.36. The maximum atomic E-state index is 5.89. The fraction of sp³-hybridized carbons (Fsp3) is 0.360. The van der Waals surface area contributed by atoms with Crippen LogP contribution in [-0.2, 0) is 31.0 Å². The van der Waals surface area contributed by atoms with Crippen molar-refractivity contribution in [2.24, 2.45) is 4.99 Å². The molecule has 2 aromatic carbocycles. The van der Waals surface area contributed by atoms with Crippen molar-refractivity contribution in [2.75, 3.05) is 7.05 Å². The molecule has 6 heteroatoms. The topological polar surface area (TPSA) is 63.5 Å². The second kappa shape index (κ2) is 10.8. The minimum absolute atomic E-state index is 0.145. The molecule has 0 saturated carbocycles. The van der Waals surface area contributed by atoms with Gasteiger partial charge in [-0.15, -0.1) is 0 Å². The van der Waals surface area contributed by atoms with Crippen LogP contribution >= 0.6 is 0 Å². The van der Waals surface area contributed by atoms with E-state index in [1.54, 1.807) is 13.2 Å². The number of benzene rings is 2. The van der Waals surface area contributed by atoms with Crippen molar-refractivity contribution in [2.45, 2.75) is 52.6 Å². The smallest absolute Gasteiger partial charge is 0.191 e. The van der Waals surface area contributed by atoms with E-state index in [1.807, 2.05) is 16.9 Å². The van der Waals surface area contributed by atoms with Crippen molar-refractivity contribution in [3.63, 3.8) is 0 Å². The van der Waals surface area contributed by atoms with E-state index >= 15 is 0 Å². The summed E-state index contributed by atoms with van der Waals surface area (Å²) in [4.78, 5) is 4.37. The van der Waals surface area contributed by atoms with Gasteiger partial charge in [0.15, 0.2) is 5.96 Å². The van der Waals surface area contributed by atoms with E-state index in [0.29, 0.717) is 19.7 Å². The number of aliphatic imine (C=N–C) groups is 1. The highest BCUT2D eigenvalue weighted by atomic mass is 16.5. The normalized spacial score (nSPS) is 12.1. The third-order valence-electron chi connectivity index (χ3n) is 4.80. The highest BCUT2D eigenvalue weighted by molar-refractivity contribution is 5.79. The Balaban J connectivity index is 1.54. The zero-order valence-corrected chi connectivity index (χ0v) is 18.9. The zero-order valence-electron chi connectivity index (χ0n) is 18.9. The summed E-state index contributed by atoms with van der Waals surface area (Å²) in [6.45, 7) is 8.95. The van der Waals surface area contributed by atoms with Crippen LogP contribution in [0.15, 0.2) is 72.0 Å². The van der Waals surface area contributed by atoms with E-state index in [-0.39, 0.29) is 5.60 Å². The fourth-order valence-electron chi connectivity index (χ4n) is 3.17. The lowest BCUT2D eigenvalue weighted by molar-refractivity contribution is -0.0149. The van der Waals surface area contributed by atoms with E-state index in [2.05, 4.69) is 90.0 Å². The second-order valence-corrected chi connectivity index (χ2v) is 8.47. The Hall–Kier alpha value is -3.12. The lowest BCUT2D eigenvalue weighted by Gasteiger charge is -2.20. The first-order chi connectivity index (χ1) is 14.9. The standard InChI is InChI=1S/C25H33N5O/c1-25(2,3)31-19-21-10-7-9-20(15-21)16-27-24(26-4)28-17-22-11-5-6-12-23(22)18-30-14-8-13-29-30/h5-15H,16-19H2,1-4H3,(H2,26,27,28).